The third-order valence-electron chi connectivity index (χ3n) is 3.21. The fraction of sp³-hybridized carbons (Fsp3) is 0.923. The summed E-state index contributed by atoms with van der Waals surface area (Å²) in [6.45, 7) is 4.65. The van der Waals surface area contributed by atoms with E-state index in [-0.39, 0.29) is 0 Å². The molecule has 1 unspecified atom stereocenters. The number of hydrogen-bond acceptors (Lipinski definition) is 4. The molecule has 1 saturated heterocycles. The molecule has 1 fully saturated rings. The highest BCUT2D eigenvalue weighted by atomic mass is 32.2. The summed E-state index contributed by atoms with van der Waals surface area (Å²) in [5, 5.41) is 7.50. The van der Waals surface area contributed by atoms with Gasteiger partial charge in [0.25, 0.3) is 0 Å². The Bertz CT molecular complexity index is 257. The topological polar surface area (TPSA) is 48.9 Å². The van der Waals surface area contributed by atoms with Crippen LogP contribution in [-0.2, 0) is 4.74 Å². The van der Waals surface area contributed by atoms with E-state index in [0.717, 1.165) is 44.0 Å². The first-order valence-electron chi connectivity index (χ1n) is 7.00. The van der Waals surface area contributed by atoms with E-state index in [1.54, 1.807) is 7.11 Å². The van der Waals surface area contributed by atoms with E-state index < -0.39 is 0 Å². The Kier molecular flexibility index (Phi) is 9.03. The van der Waals surface area contributed by atoms with E-state index in [0.29, 0.717) is 0 Å². The normalized spacial score (nSPS) is 20.0. The molecule has 2 N–H and O–H groups in total. The molecule has 112 valence electrons. The highest BCUT2D eigenvalue weighted by Crippen LogP contribution is 2.25. The summed E-state index contributed by atoms with van der Waals surface area (Å²) < 4.78 is 5.06. The lowest BCUT2D eigenvalue weighted by molar-refractivity contribution is 0.162. The quantitative estimate of drug-likeness (QED) is 0.507. The molecular weight excluding hydrogens is 260 g/mol. The molecule has 0 radical (unpaired) electrons. The number of nitrogens with zero attached hydrogens (tertiary/aromatic N) is 2. The first-order chi connectivity index (χ1) is 9.26. The predicted molar refractivity (Wildman–Crippen MR) is 84.2 cm³/mol. The third-order valence-corrected chi connectivity index (χ3v) is 4.61. The van der Waals surface area contributed by atoms with Crippen molar-refractivity contribution < 1.29 is 4.74 Å². The van der Waals surface area contributed by atoms with Gasteiger partial charge in [-0.2, -0.15) is 11.8 Å². The second-order valence-corrected chi connectivity index (χ2v) is 6.22. The van der Waals surface area contributed by atoms with Gasteiger partial charge in [-0.1, -0.05) is 0 Å². The van der Waals surface area contributed by atoms with Crippen LogP contribution in [-0.4, -0.2) is 75.9 Å². The van der Waals surface area contributed by atoms with Gasteiger partial charge < -0.3 is 20.3 Å². The molecule has 0 aromatic rings. The van der Waals surface area contributed by atoms with Crippen LogP contribution in [0.5, 0.6) is 0 Å². The highest BCUT2D eigenvalue weighted by Gasteiger charge is 2.15. The van der Waals surface area contributed by atoms with Crippen molar-refractivity contribution in [2.75, 3.05) is 59.7 Å². The minimum atomic E-state index is 0.753. The number of hydrogen-bond donors (Lipinski definition) is 2. The Balaban J connectivity index is 2.07. The van der Waals surface area contributed by atoms with Crippen molar-refractivity contribution in [3.63, 3.8) is 0 Å². The lowest BCUT2D eigenvalue weighted by atomic mass is 10.2. The van der Waals surface area contributed by atoms with E-state index >= 15 is 0 Å². The van der Waals surface area contributed by atoms with Gasteiger partial charge in [0.05, 0.1) is 6.61 Å². The SMILES string of the molecule is CN=C(NCCN(C)CCOC)NCC1CCCS1. The summed E-state index contributed by atoms with van der Waals surface area (Å²) in [6.07, 6.45) is 2.68. The largest absolute Gasteiger partial charge is 0.383 e. The summed E-state index contributed by atoms with van der Waals surface area (Å²) in [5.74, 6) is 2.22. The fourth-order valence-corrected chi connectivity index (χ4v) is 3.16. The number of guanidine groups is 1. The molecule has 6 heteroatoms. The summed E-state index contributed by atoms with van der Waals surface area (Å²) >= 11 is 2.07. The second kappa shape index (κ2) is 10.3. The molecular formula is C13H28N4OS. The van der Waals surface area contributed by atoms with Crippen LogP contribution in [0.15, 0.2) is 4.99 Å². The van der Waals surface area contributed by atoms with Crippen molar-refractivity contribution in [2.24, 2.45) is 4.99 Å². The van der Waals surface area contributed by atoms with Crippen molar-refractivity contribution in [3.05, 3.63) is 0 Å². The zero-order valence-electron chi connectivity index (χ0n) is 12.4. The zero-order valence-corrected chi connectivity index (χ0v) is 13.3. The monoisotopic (exact) mass is 288 g/mol. The maximum atomic E-state index is 5.06. The van der Waals surface area contributed by atoms with Gasteiger partial charge in [-0.05, 0) is 25.6 Å². The van der Waals surface area contributed by atoms with Gasteiger partial charge in [0.2, 0.25) is 0 Å². The zero-order chi connectivity index (χ0) is 13.9. The maximum absolute atomic E-state index is 5.06. The Labute approximate surface area is 121 Å². The van der Waals surface area contributed by atoms with E-state index in [1.165, 1.54) is 18.6 Å². The minimum Gasteiger partial charge on any atom is -0.383 e. The van der Waals surface area contributed by atoms with Gasteiger partial charge >= 0.3 is 0 Å². The molecule has 1 aliphatic heterocycles. The summed E-state index contributed by atoms with van der Waals surface area (Å²) in [6, 6.07) is 0. The maximum Gasteiger partial charge on any atom is 0.191 e. The Morgan fingerprint density at radius 3 is 2.89 bits per heavy atom. The number of methoxy groups -OCH3 is 1. The van der Waals surface area contributed by atoms with Crippen molar-refractivity contribution in [2.45, 2.75) is 18.1 Å². The van der Waals surface area contributed by atoms with E-state index in [9.17, 15) is 0 Å². The predicted octanol–water partition coefficient (Wildman–Crippen LogP) is 0.625. The third kappa shape index (κ3) is 7.64. The van der Waals surface area contributed by atoms with Crippen LogP contribution in [0.4, 0.5) is 0 Å². The number of likely N-dealkylation sites (N-methyl/N-ethyl adjacent to an activating group) is 1. The number of nitrogens with one attached hydrogen (secondary N) is 2. The van der Waals surface area contributed by atoms with Crippen molar-refractivity contribution in [1.29, 1.82) is 0 Å². The molecule has 0 spiro atoms. The number of aliphatic imine (C=N–C) groups is 1. The summed E-state index contributed by atoms with van der Waals surface area (Å²) in [4.78, 5) is 6.50. The first-order valence-corrected chi connectivity index (χ1v) is 8.04. The molecule has 0 aromatic heterocycles. The molecule has 1 heterocycles. The molecule has 1 aliphatic rings. The summed E-state index contributed by atoms with van der Waals surface area (Å²) in [7, 11) is 5.66. The smallest absolute Gasteiger partial charge is 0.191 e. The Morgan fingerprint density at radius 1 is 1.42 bits per heavy atom. The van der Waals surface area contributed by atoms with Gasteiger partial charge in [-0.15, -0.1) is 0 Å². The van der Waals surface area contributed by atoms with Crippen LogP contribution < -0.4 is 10.6 Å². The minimum absolute atomic E-state index is 0.753. The van der Waals surface area contributed by atoms with Gasteiger partial charge in [0, 0.05) is 45.6 Å². The summed E-state index contributed by atoms with van der Waals surface area (Å²) in [5.41, 5.74) is 0. The molecule has 1 rings (SSSR count). The number of ether oxygens (including phenoxy) is 1. The lowest BCUT2D eigenvalue weighted by Gasteiger charge is -2.18. The van der Waals surface area contributed by atoms with Crippen LogP contribution >= 0.6 is 11.8 Å². The molecule has 5 nitrogen and oxygen atoms in total. The van der Waals surface area contributed by atoms with Crippen LogP contribution in [0.1, 0.15) is 12.8 Å². The molecule has 19 heavy (non-hydrogen) atoms. The van der Waals surface area contributed by atoms with Crippen LogP contribution in [0.2, 0.25) is 0 Å². The molecule has 0 saturated carbocycles. The first kappa shape index (κ1) is 16.6. The van der Waals surface area contributed by atoms with Gasteiger partial charge in [0.1, 0.15) is 0 Å². The molecule has 0 aliphatic carbocycles. The van der Waals surface area contributed by atoms with E-state index in [2.05, 4.69) is 39.3 Å². The van der Waals surface area contributed by atoms with Crippen LogP contribution in [0.3, 0.4) is 0 Å². The van der Waals surface area contributed by atoms with Gasteiger partial charge in [0.15, 0.2) is 5.96 Å². The number of thioether (sulfide) groups is 1. The highest BCUT2D eigenvalue weighted by molar-refractivity contribution is 8.00. The molecule has 0 amide bonds. The van der Waals surface area contributed by atoms with Gasteiger partial charge in [-0.3, -0.25) is 4.99 Å². The standard InChI is InChI=1S/C13H28N4OS/c1-14-13(16-11-12-5-4-10-19-12)15-6-7-17(2)8-9-18-3/h12H,4-11H2,1-3H3,(H2,14,15,16). The average Bonchev–Trinajstić information content (AvgIpc) is 2.93. The molecule has 0 aromatic carbocycles. The Morgan fingerprint density at radius 2 is 2.26 bits per heavy atom. The van der Waals surface area contributed by atoms with E-state index in [1.807, 2.05) is 7.05 Å². The second-order valence-electron chi connectivity index (χ2n) is 4.81. The van der Waals surface area contributed by atoms with Crippen molar-refractivity contribution in [3.8, 4) is 0 Å². The van der Waals surface area contributed by atoms with Crippen LogP contribution in [0, 0.1) is 0 Å². The van der Waals surface area contributed by atoms with Crippen molar-refractivity contribution >= 4 is 17.7 Å². The van der Waals surface area contributed by atoms with Crippen molar-refractivity contribution in [1.82, 2.24) is 15.5 Å². The molecule has 1 atom stereocenters. The fourth-order valence-electron chi connectivity index (χ4n) is 1.96. The average molecular weight is 288 g/mol. The lowest BCUT2D eigenvalue weighted by Crippen LogP contribution is -2.43. The van der Waals surface area contributed by atoms with E-state index in [4.69, 9.17) is 4.74 Å². The number of rotatable bonds is 8. The molecule has 0 bridgehead atoms. The van der Waals surface area contributed by atoms with Crippen LogP contribution in [0.25, 0.3) is 0 Å². The van der Waals surface area contributed by atoms with Gasteiger partial charge in [-0.25, -0.2) is 0 Å². The Hall–Kier alpha value is -0.460.